The second kappa shape index (κ2) is 9.98. The zero-order chi connectivity index (χ0) is 24.6. The van der Waals surface area contributed by atoms with Crippen molar-refractivity contribution in [3.63, 3.8) is 0 Å². The van der Waals surface area contributed by atoms with Crippen LogP contribution in [0.2, 0.25) is 0 Å². The van der Waals surface area contributed by atoms with Crippen molar-refractivity contribution in [1.82, 2.24) is 9.55 Å². The summed E-state index contributed by atoms with van der Waals surface area (Å²) in [5.74, 6) is -0.674. The quantitative estimate of drug-likeness (QED) is 0.245. The number of aliphatic hydroxyl groups is 2. The Hall–Kier alpha value is -1.55. The number of phosphoric acid groups is 2. The van der Waals surface area contributed by atoms with Crippen molar-refractivity contribution < 1.29 is 56.8 Å². The van der Waals surface area contributed by atoms with E-state index < -0.39 is 83.1 Å². The van der Waals surface area contributed by atoms with E-state index in [1.165, 1.54) is 13.1 Å². The summed E-state index contributed by atoms with van der Waals surface area (Å²) in [5.41, 5.74) is -1.18. The Morgan fingerprint density at radius 3 is 2.55 bits per heavy atom. The number of hydrogen-bond acceptors (Lipinski definition) is 12. The van der Waals surface area contributed by atoms with Gasteiger partial charge >= 0.3 is 21.3 Å². The van der Waals surface area contributed by atoms with Crippen LogP contribution >= 0.6 is 15.6 Å². The predicted octanol–water partition coefficient (Wildman–Crippen LogP) is -1.58. The molecule has 2 aliphatic rings. The maximum atomic E-state index is 12.1. The summed E-state index contributed by atoms with van der Waals surface area (Å²) in [4.78, 5) is 56.1. The molecule has 0 amide bonds. The number of ketones is 1. The van der Waals surface area contributed by atoms with E-state index in [1.54, 1.807) is 0 Å². The molecule has 0 bridgehead atoms. The molecule has 0 spiro atoms. The predicted molar refractivity (Wildman–Crippen MR) is 104 cm³/mol. The smallest absolute Gasteiger partial charge is 0.390 e. The van der Waals surface area contributed by atoms with Crippen LogP contribution in [0.3, 0.4) is 0 Å². The second-order valence-corrected chi connectivity index (χ2v) is 10.3. The molecule has 2 saturated heterocycles. The van der Waals surface area contributed by atoms with Crippen molar-refractivity contribution in [3.8, 4) is 0 Å². The van der Waals surface area contributed by atoms with Crippen LogP contribution in [0.4, 0.5) is 0 Å². The van der Waals surface area contributed by atoms with Crippen LogP contribution in [0, 0.1) is 6.92 Å². The van der Waals surface area contributed by atoms with Crippen molar-refractivity contribution in [2.75, 3.05) is 13.2 Å². The molecule has 18 heteroatoms. The molecule has 16 nitrogen and oxygen atoms in total. The molecule has 0 radical (unpaired) electrons. The van der Waals surface area contributed by atoms with Gasteiger partial charge in [-0.05, 0) is 6.92 Å². The normalized spacial score (nSPS) is 31.8. The standard InChI is InChI=1S/C15H22N2O14P2/c1-7-4-17(15(22)16-14(7)21)12-2-9(19)11(29-12)6-28-32(23,24)31-33(25,26)30-13-3-8(18)10(20)5-27-13/h4,8-9,11-13,18-19H,2-3,5-6H2,1H3,(H,23,24)(H,25,26)(H,16,21,22)/t8-,9-,11+,12+,13+/m0/s1. The van der Waals surface area contributed by atoms with Gasteiger partial charge in [-0.2, -0.15) is 4.31 Å². The number of aromatic amines is 1. The first-order chi connectivity index (χ1) is 15.3. The van der Waals surface area contributed by atoms with Gasteiger partial charge in [0.1, 0.15) is 25.0 Å². The molecule has 0 aliphatic carbocycles. The molecule has 2 fully saturated rings. The number of phosphoric ester groups is 2. The lowest BCUT2D eigenvalue weighted by molar-refractivity contribution is -0.168. The number of ether oxygens (including phenoxy) is 2. The molecule has 2 unspecified atom stereocenters. The van der Waals surface area contributed by atoms with E-state index in [4.69, 9.17) is 9.47 Å². The minimum Gasteiger partial charge on any atom is -0.390 e. The highest BCUT2D eigenvalue weighted by atomic mass is 31.3. The van der Waals surface area contributed by atoms with Gasteiger partial charge in [-0.1, -0.05) is 0 Å². The molecule has 3 heterocycles. The minimum atomic E-state index is -5.25. The largest absolute Gasteiger partial charge is 0.483 e. The molecule has 1 aromatic rings. The lowest BCUT2D eigenvalue weighted by Crippen LogP contribution is -2.38. The summed E-state index contributed by atoms with van der Waals surface area (Å²) < 4.78 is 48.6. The Labute approximate surface area is 184 Å². The number of carbonyl (C=O) groups is 1. The molecule has 5 N–H and O–H groups in total. The summed E-state index contributed by atoms with van der Waals surface area (Å²) in [6.07, 6.45) is -6.00. The molecule has 3 rings (SSSR count). The monoisotopic (exact) mass is 516 g/mol. The van der Waals surface area contributed by atoms with Crippen molar-refractivity contribution in [2.24, 2.45) is 0 Å². The first kappa shape index (κ1) is 26.1. The number of rotatable bonds is 8. The Bertz CT molecular complexity index is 1100. The number of H-pyrrole nitrogens is 1. The number of aryl methyl sites for hydroxylation is 1. The molecular weight excluding hydrogens is 494 g/mol. The van der Waals surface area contributed by atoms with Crippen molar-refractivity contribution in [1.29, 1.82) is 0 Å². The highest BCUT2D eigenvalue weighted by Crippen LogP contribution is 2.61. The van der Waals surface area contributed by atoms with E-state index in [-0.39, 0.29) is 12.0 Å². The SMILES string of the molecule is Cc1cn([C@H]2C[C@H](O)[C@@H](COP(=O)(O)OP(=O)(O)O[C@@H]3C[C@H](O)C(=O)CO3)O2)c(=O)[nH]c1=O. The Balaban J connectivity index is 1.56. The van der Waals surface area contributed by atoms with E-state index in [1.807, 2.05) is 0 Å². The van der Waals surface area contributed by atoms with Crippen molar-refractivity contribution >= 4 is 21.4 Å². The third-order valence-corrected chi connectivity index (χ3v) is 7.35. The summed E-state index contributed by atoms with van der Waals surface area (Å²) in [5, 5.41) is 19.6. The van der Waals surface area contributed by atoms with Crippen molar-refractivity contribution in [2.45, 2.75) is 50.6 Å². The molecule has 33 heavy (non-hydrogen) atoms. The minimum absolute atomic E-state index is 0.127. The average molecular weight is 516 g/mol. The first-order valence-electron chi connectivity index (χ1n) is 9.44. The van der Waals surface area contributed by atoms with Gasteiger partial charge in [0.15, 0.2) is 12.1 Å². The van der Waals surface area contributed by atoms with E-state index in [0.29, 0.717) is 0 Å². The van der Waals surface area contributed by atoms with E-state index in [0.717, 1.165) is 4.57 Å². The van der Waals surface area contributed by atoms with Gasteiger partial charge < -0.3 is 29.5 Å². The van der Waals surface area contributed by atoms with Crippen LogP contribution in [0.25, 0.3) is 0 Å². The van der Waals surface area contributed by atoms with Gasteiger partial charge in [-0.3, -0.25) is 28.2 Å². The van der Waals surface area contributed by atoms with Crippen LogP contribution in [0.15, 0.2) is 15.8 Å². The number of carbonyl (C=O) groups excluding carboxylic acids is 1. The summed E-state index contributed by atoms with van der Waals surface area (Å²) in [7, 11) is -10.5. The lowest BCUT2D eigenvalue weighted by atomic mass is 10.1. The van der Waals surface area contributed by atoms with E-state index in [9.17, 15) is 43.5 Å². The van der Waals surface area contributed by atoms with Crippen LogP contribution in [-0.4, -0.2) is 73.1 Å². The third-order valence-electron chi connectivity index (χ3n) is 4.72. The van der Waals surface area contributed by atoms with Crippen molar-refractivity contribution in [3.05, 3.63) is 32.6 Å². The summed E-state index contributed by atoms with van der Waals surface area (Å²) >= 11 is 0. The average Bonchev–Trinajstić information content (AvgIpc) is 3.05. The van der Waals surface area contributed by atoms with E-state index in [2.05, 4.69) is 18.3 Å². The Morgan fingerprint density at radius 1 is 1.18 bits per heavy atom. The number of nitrogens with one attached hydrogen (secondary N) is 1. The number of aliphatic hydroxyl groups excluding tert-OH is 2. The van der Waals surface area contributed by atoms with Gasteiger partial charge in [0.05, 0.1) is 12.7 Å². The lowest BCUT2D eigenvalue weighted by Gasteiger charge is -2.27. The molecular formula is C15H22N2O14P2. The number of nitrogens with zero attached hydrogens (tertiary/aromatic N) is 1. The molecule has 1 aromatic heterocycles. The van der Waals surface area contributed by atoms with Crippen LogP contribution in [-0.2, 0) is 36.8 Å². The Morgan fingerprint density at radius 2 is 1.88 bits per heavy atom. The van der Waals surface area contributed by atoms with Crippen LogP contribution < -0.4 is 11.2 Å². The fourth-order valence-corrected chi connectivity index (χ4v) is 5.22. The first-order valence-corrected chi connectivity index (χ1v) is 12.4. The molecule has 7 atom stereocenters. The highest BCUT2D eigenvalue weighted by molar-refractivity contribution is 7.61. The molecule has 186 valence electrons. The van der Waals surface area contributed by atoms with Gasteiger partial charge in [0, 0.05) is 24.6 Å². The molecule has 0 saturated carbocycles. The zero-order valence-corrected chi connectivity index (χ0v) is 18.8. The molecule has 2 aliphatic heterocycles. The van der Waals surface area contributed by atoms with Crippen LogP contribution in [0.5, 0.6) is 0 Å². The number of Topliss-reactive ketones (excluding diaryl/α,β-unsaturated/α-hetero) is 1. The number of aromatic nitrogens is 2. The van der Waals surface area contributed by atoms with E-state index >= 15 is 0 Å². The maximum absolute atomic E-state index is 12.1. The zero-order valence-electron chi connectivity index (χ0n) is 17.0. The third kappa shape index (κ3) is 6.74. The maximum Gasteiger partial charge on any atom is 0.483 e. The Kier molecular flexibility index (Phi) is 7.88. The molecule has 0 aromatic carbocycles. The fraction of sp³-hybridized carbons (Fsp3) is 0.667. The second-order valence-electron chi connectivity index (χ2n) is 7.29. The summed E-state index contributed by atoms with van der Waals surface area (Å²) in [6.45, 7) is 0.0665. The fourth-order valence-electron chi connectivity index (χ4n) is 3.05. The topological polar surface area (TPSA) is 233 Å². The van der Waals surface area contributed by atoms with Crippen LogP contribution in [0.1, 0.15) is 24.6 Å². The van der Waals surface area contributed by atoms with Gasteiger partial charge in [0.25, 0.3) is 5.56 Å². The van der Waals surface area contributed by atoms with Gasteiger partial charge in [-0.15, -0.1) is 0 Å². The van der Waals surface area contributed by atoms with Gasteiger partial charge in [0.2, 0.25) is 0 Å². The summed E-state index contributed by atoms with van der Waals surface area (Å²) in [6, 6.07) is 0. The number of hydrogen-bond donors (Lipinski definition) is 5. The highest BCUT2D eigenvalue weighted by Gasteiger charge is 2.42. The van der Waals surface area contributed by atoms with Gasteiger partial charge in [-0.25, -0.2) is 13.9 Å².